The van der Waals surface area contributed by atoms with Gasteiger partial charge in [-0.25, -0.2) is 0 Å². The van der Waals surface area contributed by atoms with Gasteiger partial charge < -0.3 is 19.3 Å². The second kappa shape index (κ2) is 11.6. The molecule has 6 aromatic rings. The summed E-state index contributed by atoms with van der Waals surface area (Å²) in [6.45, 7) is 2.90. The Morgan fingerprint density at radius 2 is 1.63 bits per heavy atom. The number of aromatic nitrogens is 3. The van der Waals surface area contributed by atoms with Crippen molar-refractivity contribution in [3.8, 4) is 22.5 Å². The van der Waals surface area contributed by atoms with Gasteiger partial charge in [-0.15, -0.1) is 42.0 Å². The quantitative estimate of drug-likeness (QED) is 0.164. The van der Waals surface area contributed by atoms with Gasteiger partial charge in [-0.3, -0.25) is 4.98 Å². The van der Waals surface area contributed by atoms with Gasteiger partial charge in [-0.05, 0) is 62.5 Å². The van der Waals surface area contributed by atoms with Crippen molar-refractivity contribution in [2.24, 2.45) is 0 Å². The number of pyridine rings is 3. The monoisotopic (exact) mass is 764 g/mol. The molecule has 4 aromatic heterocycles. The summed E-state index contributed by atoms with van der Waals surface area (Å²) in [6.07, 6.45) is -6.07. The molecule has 0 radical (unpaired) electrons. The van der Waals surface area contributed by atoms with E-state index in [2.05, 4.69) is 27.1 Å². The predicted molar refractivity (Wildman–Crippen MR) is 158 cm³/mol. The minimum atomic E-state index is -5.36. The zero-order valence-corrected chi connectivity index (χ0v) is 25.4. The molecule has 0 amide bonds. The molecule has 0 saturated heterocycles. The first-order valence-corrected chi connectivity index (χ1v) is 13.0. The van der Waals surface area contributed by atoms with Gasteiger partial charge >= 0.3 is 27.2 Å². The third-order valence-electron chi connectivity index (χ3n) is 6.53. The van der Waals surface area contributed by atoms with E-state index in [1.165, 1.54) is 0 Å². The first-order chi connectivity index (χ1) is 22.0. The standard InChI is InChI=1S/C34H27F3N4O.Pt/c1-21-31-27-19-25(41(33(2,3)4)24-11-9-10-22(16-24)28-12-5-7-14-38-28)18-26(29-13-6-8-15-39-29)32(27)42-30(31)17-23(40-21)20-34(35,36)37;/h5-15,17,19H,20H2,1-4H3;/q-2;+2/i1D3,20D2;. The van der Waals surface area contributed by atoms with Gasteiger partial charge in [0.25, 0.3) is 0 Å². The summed E-state index contributed by atoms with van der Waals surface area (Å²) in [5.41, 5.74) is 0.686. The van der Waals surface area contributed by atoms with Crippen molar-refractivity contribution in [3.63, 3.8) is 0 Å². The number of alkyl halides is 3. The summed E-state index contributed by atoms with van der Waals surface area (Å²) < 4.78 is 87.6. The molecule has 0 aliphatic carbocycles. The molecule has 0 unspecified atom stereocenters. The Morgan fingerprint density at radius 3 is 2.26 bits per heavy atom. The van der Waals surface area contributed by atoms with Crippen LogP contribution in [0.5, 0.6) is 0 Å². The van der Waals surface area contributed by atoms with Crippen LogP contribution in [-0.4, -0.2) is 26.7 Å². The van der Waals surface area contributed by atoms with Crippen LogP contribution in [0.25, 0.3) is 44.5 Å². The molecule has 220 valence electrons. The van der Waals surface area contributed by atoms with Crippen LogP contribution in [0.3, 0.4) is 0 Å². The molecule has 4 heterocycles. The summed E-state index contributed by atoms with van der Waals surface area (Å²) in [5.74, 6) is 0. The first kappa shape index (κ1) is 24.4. The Labute approximate surface area is 269 Å². The van der Waals surface area contributed by atoms with Crippen molar-refractivity contribution in [2.45, 2.75) is 45.7 Å². The molecule has 0 aliphatic rings. The van der Waals surface area contributed by atoms with Gasteiger partial charge in [0.05, 0.1) is 17.6 Å². The molecule has 0 atom stereocenters. The largest absolute Gasteiger partial charge is 2.00 e. The number of rotatable bonds is 5. The molecule has 43 heavy (non-hydrogen) atoms. The van der Waals surface area contributed by atoms with Crippen molar-refractivity contribution >= 4 is 33.3 Å². The molecule has 0 aliphatic heterocycles. The fraction of sp³-hybridized carbons (Fsp3) is 0.206. The van der Waals surface area contributed by atoms with Crippen molar-refractivity contribution in [1.29, 1.82) is 0 Å². The number of furan rings is 1. The van der Waals surface area contributed by atoms with Crippen LogP contribution in [0, 0.1) is 19.0 Å². The maximum absolute atomic E-state index is 13.8. The van der Waals surface area contributed by atoms with Gasteiger partial charge in [-0.1, -0.05) is 35.2 Å². The number of halogens is 3. The van der Waals surface area contributed by atoms with Crippen LogP contribution < -0.4 is 4.90 Å². The molecule has 2 aromatic carbocycles. The van der Waals surface area contributed by atoms with Gasteiger partial charge in [0.15, 0.2) is 0 Å². The van der Waals surface area contributed by atoms with Crippen molar-refractivity contribution < 1.29 is 45.5 Å². The molecule has 5 nitrogen and oxygen atoms in total. The zero-order chi connectivity index (χ0) is 33.9. The Hall–Kier alpha value is -4.03. The van der Waals surface area contributed by atoms with Crippen LogP contribution in [0.2, 0.25) is 0 Å². The fourth-order valence-corrected chi connectivity index (χ4v) is 4.95. The Morgan fingerprint density at radius 1 is 0.907 bits per heavy atom. The van der Waals surface area contributed by atoms with E-state index in [4.69, 9.17) is 11.3 Å². The van der Waals surface area contributed by atoms with Gasteiger partial charge in [0, 0.05) is 41.9 Å². The van der Waals surface area contributed by atoms with Crippen LogP contribution in [-0.2, 0) is 27.4 Å². The SMILES string of the molecule is [2H]C([2H])([2H])c1nc(C([2H])([2H])C(F)(F)F)cc2oc3c(-c4ccccn4)[c-]c(N(c4[c-]c(-c5ccccn5)ccc4)C(C)(C)C)cc3c12.[Pt+2]. The maximum Gasteiger partial charge on any atom is 2.00 e. The van der Waals surface area contributed by atoms with Crippen molar-refractivity contribution in [1.82, 2.24) is 15.0 Å². The molecule has 9 heteroatoms. The summed E-state index contributed by atoms with van der Waals surface area (Å²) in [7, 11) is 0. The predicted octanol–water partition coefficient (Wildman–Crippen LogP) is 9.05. The number of aryl methyl sites for hydroxylation is 1. The molecule has 0 bridgehead atoms. The molecule has 6 rings (SSSR count). The van der Waals surface area contributed by atoms with E-state index in [0.717, 1.165) is 11.6 Å². The average molecular weight is 765 g/mol. The second-order valence-electron chi connectivity index (χ2n) is 10.6. The molecular formula is C34H27F3N4OPt. The summed E-state index contributed by atoms with van der Waals surface area (Å²) in [4.78, 5) is 14.6. The molecule has 0 fully saturated rings. The van der Waals surface area contributed by atoms with E-state index in [9.17, 15) is 13.2 Å². The summed E-state index contributed by atoms with van der Waals surface area (Å²) >= 11 is 0. The van der Waals surface area contributed by atoms with Gasteiger partial charge in [-0.2, -0.15) is 13.2 Å². The van der Waals surface area contributed by atoms with Gasteiger partial charge in [0.2, 0.25) is 0 Å². The second-order valence-corrected chi connectivity index (χ2v) is 10.6. The number of nitrogens with zero attached hydrogens (tertiary/aromatic N) is 4. The third-order valence-corrected chi connectivity index (χ3v) is 6.53. The number of fused-ring (bicyclic) bond motifs is 3. The Bertz CT molecular complexity index is 2100. The Balaban J connectivity index is 0.00000451. The number of anilines is 2. The zero-order valence-electron chi connectivity index (χ0n) is 28.2. The topological polar surface area (TPSA) is 55.1 Å². The maximum atomic E-state index is 13.8. The van der Waals surface area contributed by atoms with Crippen LogP contribution in [0.15, 0.2) is 83.5 Å². The van der Waals surface area contributed by atoms with E-state index in [0.29, 0.717) is 28.3 Å². The fourth-order valence-electron chi connectivity index (χ4n) is 4.95. The summed E-state index contributed by atoms with van der Waals surface area (Å²) in [5, 5.41) is 0.177. The minimum Gasteiger partial charge on any atom is -0.500 e. The first-order valence-electron chi connectivity index (χ1n) is 15.5. The van der Waals surface area contributed by atoms with Crippen molar-refractivity contribution in [2.75, 3.05) is 4.90 Å². The molecular weight excluding hydrogens is 732 g/mol. The Kier molecular flexibility index (Phi) is 6.57. The smallest absolute Gasteiger partial charge is 0.500 e. The minimum absolute atomic E-state index is 0. The van der Waals surface area contributed by atoms with Gasteiger partial charge in [0.1, 0.15) is 5.58 Å². The van der Waals surface area contributed by atoms with E-state index in [1.807, 2.05) is 62.1 Å². The average Bonchev–Trinajstić information content (AvgIpc) is 3.38. The summed E-state index contributed by atoms with van der Waals surface area (Å²) in [6, 6.07) is 25.6. The number of hydrogen-bond acceptors (Lipinski definition) is 5. The van der Waals surface area contributed by atoms with Crippen LogP contribution in [0.4, 0.5) is 24.5 Å². The van der Waals surface area contributed by atoms with E-state index >= 15 is 0 Å². The molecule has 0 N–H and O–H groups in total. The van der Waals surface area contributed by atoms with E-state index < -0.39 is 36.3 Å². The van der Waals surface area contributed by atoms with Crippen LogP contribution in [0.1, 0.15) is 39.0 Å². The number of hydrogen-bond donors (Lipinski definition) is 0. The normalized spacial score (nSPS) is 14.3. The van der Waals surface area contributed by atoms with Crippen molar-refractivity contribution in [3.05, 3.63) is 103 Å². The van der Waals surface area contributed by atoms with E-state index in [1.54, 1.807) is 36.7 Å². The third kappa shape index (κ3) is 6.21. The molecule has 0 saturated carbocycles. The molecule has 0 spiro atoms. The van der Waals surface area contributed by atoms with Crippen LogP contribution >= 0.6 is 0 Å². The number of benzene rings is 2. The van der Waals surface area contributed by atoms with E-state index in [-0.39, 0.29) is 43.0 Å².